The van der Waals surface area contributed by atoms with Crippen molar-refractivity contribution in [3.8, 4) is 16.9 Å². The molecule has 7 nitrogen and oxygen atoms in total. The van der Waals surface area contributed by atoms with Gasteiger partial charge in [-0.05, 0) is 42.3 Å². The van der Waals surface area contributed by atoms with Crippen molar-refractivity contribution in [3.63, 3.8) is 0 Å². The van der Waals surface area contributed by atoms with Crippen LogP contribution in [0.5, 0.6) is 5.75 Å². The Balaban J connectivity index is 1.53. The number of aromatic nitrogens is 4. The molecule has 3 heterocycles. The zero-order valence-electron chi connectivity index (χ0n) is 19.1. The number of nitrogens with zero attached hydrogens (tertiary/aromatic N) is 4. The maximum Gasteiger partial charge on any atom is 0.451 e. The van der Waals surface area contributed by atoms with Gasteiger partial charge in [-0.1, -0.05) is 12.1 Å². The van der Waals surface area contributed by atoms with Crippen molar-refractivity contribution in [2.24, 2.45) is 0 Å². The normalized spacial score (nSPS) is 16.8. The maximum atomic E-state index is 13.5. The largest absolute Gasteiger partial charge is 0.486 e. The third kappa shape index (κ3) is 5.06. The van der Waals surface area contributed by atoms with Crippen LogP contribution >= 0.6 is 0 Å². The molecule has 2 aromatic heterocycles. The molecule has 36 heavy (non-hydrogen) atoms. The molecule has 0 saturated carbocycles. The number of ether oxygens (including phenoxy) is 2. The number of halogens is 4. The van der Waals surface area contributed by atoms with Crippen molar-refractivity contribution in [2.45, 2.75) is 31.7 Å². The highest BCUT2D eigenvalue weighted by Crippen LogP contribution is 2.36. The van der Waals surface area contributed by atoms with Gasteiger partial charge < -0.3 is 14.8 Å². The van der Waals surface area contributed by atoms with Gasteiger partial charge in [-0.15, -0.1) is 0 Å². The van der Waals surface area contributed by atoms with Gasteiger partial charge in [0.05, 0.1) is 19.3 Å². The van der Waals surface area contributed by atoms with E-state index in [-0.39, 0.29) is 11.9 Å². The molecule has 1 aliphatic rings. The molecule has 0 bridgehead atoms. The van der Waals surface area contributed by atoms with Crippen molar-refractivity contribution < 1.29 is 27.0 Å². The molecule has 186 valence electrons. The molecule has 0 amide bonds. The molecular weight excluding hydrogens is 478 g/mol. The van der Waals surface area contributed by atoms with Crippen LogP contribution in [0, 0.1) is 5.82 Å². The lowest BCUT2D eigenvalue weighted by Crippen LogP contribution is -2.16. The number of benzene rings is 2. The van der Waals surface area contributed by atoms with Gasteiger partial charge in [0.2, 0.25) is 5.82 Å². The molecule has 5 rings (SSSR count). The van der Waals surface area contributed by atoms with Gasteiger partial charge >= 0.3 is 6.18 Å². The molecule has 2 atom stereocenters. The lowest BCUT2D eigenvalue weighted by atomic mass is 10.0. The van der Waals surface area contributed by atoms with Gasteiger partial charge in [-0.2, -0.15) is 13.2 Å². The van der Waals surface area contributed by atoms with E-state index in [4.69, 9.17) is 9.47 Å². The van der Waals surface area contributed by atoms with Crippen molar-refractivity contribution in [1.29, 1.82) is 0 Å². The standard InChI is InChI=1S/C25H21F4N5O2/c1-14(17-10-30-24(31-11-17)25(27,28)29)34-23-20-8-16(15-2-4-18(26)5-3-15)9-21(22(20)32-13-33-23)36-19-6-7-35-12-19/h2-5,8-11,13-14,19H,6-7,12H2,1H3,(H,32,33,34)/t14-,19-/m1/s1. The van der Waals surface area contributed by atoms with Crippen LogP contribution in [0.1, 0.15) is 30.8 Å². The van der Waals surface area contributed by atoms with Gasteiger partial charge in [0.25, 0.3) is 0 Å². The minimum absolute atomic E-state index is 0.133. The summed E-state index contributed by atoms with van der Waals surface area (Å²) in [6.07, 6.45) is -0.355. The average Bonchev–Trinajstić information content (AvgIpc) is 3.37. The summed E-state index contributed by atoms with van der Waals surface area (Å²) in [4.78, 5) is 15.7. The van der Waals surface area contributed by atoms with E-state index in [0.717, 1.165) is 29.9 Å². The van der Waals surface area contributed by atoms with Crippen LogP contribution in [-0.4, -0.2) is 39.3 Å². The lowest BCUT2D eigenvalue weighted by Gasteiger charge is -2.19. The van der Waals surface area contributed by atoms with Crippen molar-refractivity contribution in [1.82, 2.24) is 19.9 Å². The van der Waals surface area contributed by atoms with E-state index >= 15 is 0 Å². The Morgan fingerprint density at radius 2 is 1.78 bits per heavy atom. The first-order valence-electron chi connectivity index (χ1n) is 11.2. The van der Waals surface area contributed by atoms with E-state index in [2.05, 4.69) is 25.3 Å². The molecule has 1 aliphatic heterocycles. The average molecular weight is 499 g/mol. The first-order chi connectivity index (χ1) is 17.3. The SMILES string of the molecule is C[C@@H](Nc1ncnc2c(O[C@@H]3CCOC3)cc(-c3ccc(F)cc3)cc12)c1cnc(C(F)(F)F)nc1. The topological polar surface area (TPSA) is 82.1 Å². The van der Waals surface area contributed by atoms with Crippen molar-refractivity contribution in [3.05, 3.63) is 72.3 Å². The Morgan fingerprint density at radius 3 is 2.44 bits per heavy atom. The molecular formula is C25H21F4N5O2. The van der Waals surface area contributed by atoms with E-state index < -0.39 is 18.0 Å². The van der Waals surface area contributed by atoms with Crippen LogP contribution in [0.2, 0.25) is 0 Å². The van der Waals surface area contributed by atoms with Crippen LogP contribution in [-0.2, 0) is 10.9 Å². The fourth-order valence-electron chi connectivity index (χ4n) is 3.93. The third-order valence-electron chi connectivity index (χ3n) is 5.84. The Bertz CT molecular complexity index is 1360. The van der Waals surface area contributed by atoms with E-state index in [1.54, 1.807) is 19.1 Å². The smallest absolute Gasteiger partial charge is 0.451 e. The van der Waals surface area contributed by atoms with E-state index in [9.17, 15) is 17.6 Å². The van der Waals surface area contributed by atoms with Gasteiger partial charge in [0.1, 0.15) is 35.3 Å². The zero-order valence-corrected chi connectivity index (χ0v) is 19.1. The minimum atomic E-state index is -4.62. The lowest BCUT2D eigenvalue weighted by molar-refractivity contribution is -0.145. The summed E-state index contributed by atoms with van der Waals surface area (Å²) >= 11 is 0. The Hall–Kier alpha value is -3.86. The molecule has 1 saturated heterocycles. The molecule has 1 fully saturated rings. The highest BCUT2D eigenvalue weighted by Gasteiger charge is 2.34. The predicted octanol–water partition coefficient (Wildman–Crippen LogP) is 5.59. The van der Waals surface area contributed by atoms with Crippen molar-refractivity contribution >= 4 is 16.7 Å². The maximum absolute atomic E-state index is 13.5. The van der Waals surface area contributed by atoms with Crippen LogP contribution in [0.4, 0.5) is 23.4 Å². The Morgan fingerprint density at radius 1 is 1.03 bits per heavy atom. The van der Waals surface area contributed by atoms with E-state index in [1.807, 2.05) is 12.1 Å². The van der Waals surface area contributed by atoms with Crippen LogP contribution in [0.25, 0.3) is 22.0 Å². The molecule has 4 aromatic rings. The van der Waals surface area contributed by atoms with Gasteiger partial charge in [-0.3, -0.25) is 0 Å². The highest BCUT2D eigenvalue weighted by molar-refractivity contribution is 5.96. The molecule has 0 unspecified atom stereocenters. The second kappa shape index (κ2) is 9.65. The molecule has 11 heteroatoms. The summed E-state index contributed by atoms with van der Waals surface area (Å²) < 4.78 is 63.7. The summed E-state index contributed by atoms with van der Waals surface area (Å²) in [5.74, 6) is -0.577. The molecule has 2 aromatic carbocycles. The number of hydrogen-bond acceptors (Lipinski definition) is 7. The number of rotatable bonds is 6. The second-order valence-corrected chi connectivity index (χ2v) is 8.41. The van der Waals surface area contributed by atoms with Crippen LogP contribution in [0.3, 0.4) is 0 Å². The van der Waals surface area contributed by atoms with Crippen LogP contribution in [0.15, 0.2) is 55.1 Å². The quantitative estimate of drug-likeness (QED) is 0.347. The summed E-state index contributed by atoms with van der Waals surface area (Å²) in [5, 5.41) is 3.85. The van der Waals surface area contributed by atoms with Gasteiger partial charge in [0, 0.05) is 29.8 Å². The van der Waals surface area contributed by atoms with Crippen LogP contribution < -0.4 is 10.1 Å². The summed E-state index contributed by atoms with van der Waals surface area (Å²) in [7, 11) is 0. The summed E-state index contributed by atoms with van der Waals surface area (Å²) in [5.41, 5.74) is 2.54. The zero-order chi connectivity index (χ0) is 25.3. The first-order valence-corrected chi connectivity index (χ1v) is 11.2. The Labute approximate surface area is 203 Å². The minimum Gasteiger partial charge on any atom is -0.486 e. The fraction of sp³-hybridized carbons (Fsp3) is 0.280. The van der Waals surface area contributed by atoms with E-state index in [1.165, 1.54) is 18.5 Å². The Kier molecular flexibility index (Phi) is 6.40. The predicted molar refractivity (Wildman–Crippen MR) is 124 cm³/mol. The van der Waals surface area contributed by atoms with Crippen molar-refractivity contribution in [2.75, 3.05) is 18.5 Å². The van der Waals surface area contributed by atoms with E-state index in [0.29, 0.717) is 41.2 Å². The molecule has 0 aliphatic carbocycles. The van der Waals surface area contributed by atoms with Gasteiger partial charge in [-0.25, -0.2) is 24.3 Å². The number of anilines is 1. The summed E-state index contributed by atoms with van der Waals surface area (Å²) in [6, 6.07) is 9.32. The molecule has 1 N–H and O–H groups in total. The second-order valence-electron chi connectivity index (χ2n) is 8.41. The third-order valence-corrected chi connectivity index (χ3v) is 5.84. The van der Waals surface area contributed by atoms with Gasteiger partial charge in [0.15, 0.2) is 0 Å². The highest BCUT2D eigenvalue weighted by atomic mass is 19.4. The fourth-order valence-corrected chi connectivity index (χ4v) is 3.93. The monoisotopic (exact) mass is 499 g/mol. The number of nitrogens with one attached hydrogen (secondary N) is 1. The first kappa shape index (κ1) is 23.9. The number of hydrogen-bond donors (Lipinski definition) is 1. The molecule has 0 spiro atoms. The number of fused-ring (bicyclic) bond motifs is 1. The summed E-state index contributed by atoms with van der Waals surface area (Å²) in [6.45, 7) is 2.83. The number of alkyl halides is 3. The molecule has 0 radical (unpaired) electrons.